The maximum atomic E-state index is 12.7. The summed E-state index contributed by atoms with van der Waals surface area (Å²) in [4.78, 5) is 46.8. The molecule has 0 aliphatic carbocycles. The van der Waals surface area contributed by atoms with Crippen molar-refractivity contribution in [2.45, 2.75) is 57.7 Å². The number of nitrogens with one attached hydrogen (secondary N) is 1. The summed E-state index contributed by atoms with van der Waals surface area (Å²) in [6.45, 7) is 4.36. The second-order valence-electron chi connectivity index (χ2n) is 7.42. The van der Waals surface area contributed by atoms with E-state index < -0.39 is 35.5 Å². The second kappa shape index (κ2) is 10.6. The van der Waals surface area contributed by atoms with Crippen molar-refractivity contribution < 1.29 is 29.4 Å². The zero-order chi connectivity index (χ0) is 22.2. The molecule has 1 aromatic rings. The number of nitrogens with zero attached hydrogens (tertiary/aromatic N) is 1. The molecule has 0 aromatic heterocycles. The van der Waals surface area contributed by atoms with Gasteiger partial charge in [-0.3, -0.25) is 14.4 Å². The van der Waals surface area contributed by atoms with Gasteiger partial charge in [-0.05, 0) is 38.7 Å². The Bertz CT molecular complexity index is 731. The molecule has 2 amide bonds. The minimum atomic E-state index is -1.39. The number of carboxylic acids is 2. The van der Waals surface area contributed by atoms with Crippen molar-refractivity contribution in [2.75, 3.05) is 6.54 Å². The maximum Gasteiger partial charge on any atom is 0.328 e. The Balaban J connectivity index is 0.000000960. The van der Waals surface area contributed by atoms with Crippen molar-refractivity contribution in [3.05, 3.63) is 35.9 Å². The Hall–Kier alpha value is -2.94. The number of aliphatic carboxylic acids is 2. The number of carbonyl (C=O) groups excluding carboxylic acids is 2. The fourth-order valence-electron chi connectivity index (χ4n) is 2.92. The minimum Gasteiger partial charge on any atom is -0.481 e. The molecule has 1 heterocycles. The molecule has 2 rings (SSSR count). The summed E-state index contributed by atoms with van der Waals surface area (Å²) in [7, 11) is 0. The summed E-state index contributed by atoms with van der Waals surface area (Å²) in [6.07, 6.45) is 1.59. The van der Waals surface area contributed by atoms with E-state index in [-0.39, 0.29) is 5.91 Å². The first-order valence-corrected chi connectivity index (χ1v) is 9.30. The average molecular weight is 407 g/mol. The van der Waals surface area contributed by atoms with Gasteiger partial charge >= 0.3 is 5.97 Å². The molecule has 2 atom stereocenters. The smallest absolute Gasteiger partial charge is 0.328 e. The van der Waals surface area contributed by atoms with E-state index in [0.717, 1.165) is 12.5 Å². The predicted octanol–water partition coefficient (Wildman–Crippen LogP) is 0.618. The van der Waals surface area contributed by atoms with E-state index in [4.69, 9.17) is 20.7 Å². The van der Waals surface area contributed by atoms with Gasteiger partial charge in [-0.25, -0.2) is 4.79 Å². The van der Waals surface area contributed by atoms with E-state index in [1.165, 1.54) is 18.7 Å². The molecule has 1 aliphatic heterocycles. The van der Waals surface area contributed by atoms with Gasteiger partial charge in [-0.1, -0.05) is 30.3 Å². The second-order valence-corrected chi connectivity index (χ2v) is 7.42. The third-order valence-corrected chi connectivity index (χ3v) is 4.42. The van der Waals surface area contributed by atoms with Crippen LogP contribution in [0.15, 0.2) is 30.3 Å². The van der Waals surface area contributed by atoms with Gasteiger partial charge < -0.3 is 26.2 Å². The highest BCUT2D eigenvalue weighted by atomic mass is 16.4. The Morgan fingerprint density at radius 2 is 1.76 bits per heavy atom. The lowest BCUT2D eigenvalue weighted by atomic mass is 10.0. The highest BCUT2D eigenvalue weighted by Gasteiger charge is 2.39. The first kappa shape index (κ1) is 24.1. The van der Waals surface area contributed by atoms with Crippen LogP contribution in [0.5, 0.6) is 0 Å². The number of hydrogen-bond acceptors (Lipinski definition) is 5. The SMILES string of the molecule is CC(=O)O.CC(C)(NC(=O)[C@@H]1CCCN1C(=O)[C@@H](N)Cc1ccccc1)C(=O)O. The number of amides is 2. The van der Waals surface area contributed by atoms with Crippen LogP contribution in [0.3, 0.4) is 0 Å². The lowest BCUT2D eigenvalue weighted by Gasteiger charge is -2.29. The molecule has 1 saturated heterocycles. The molecular weight excluding hydrogens is 378 g/mol. The lowest BCUT2D eigenvalue weighted by molar-refractivity contribution is -0.147. The van der Waals surface area contributed by atoms with Crippen molar-refractivity contribution in [1.29, 1.82) is 0 Å². The predicted molar refractivity (Wildman–Crippen MR) is 106 cm³/mol. The van der Waals surface area contributed by atoms with Gasteiger partial charge in [0, 0.05) is 13.5 Å². The molecular formula is C20H29N3O6. The number of hydrogen-bond donors (Lipinski definition) is 4. The van der Waals surface area contributed by atoms with Crippen LogP contribution in [0.25, 0.3) is 0 Å². The van der Waals surface area contributed by atoms with Crippen molar-refractivity contribution >= 4 is 23.8 Å². The molecule has 0 radical (unpaired) electrons. The summed E-state index contributed by atoms with van der Waals surface area (Å²) in [5, 5.41) is 19.1. The fraction of sp³-hybridized carbons (Fsp3) is 0.500. The zero-order valence-corrected chi connectivity index (χ0v) is 16.9. The summed E-state index contributed by atoms with van der Waals surface area (Å²) in [5.41, 5.74) is 5.62. The van der Waals surface area contributed by atoms with Gasteiger partial charge in [0.15, 0.2) is 0 Å². The number of carbonyl (C=O) groups is 4. The number of rotatable bonds is 6. The molecule has 1 fully saturated rings. The van der Waals surface area contributed by atoms with E-state index in [1.807, 2.05) is 30.3 Å². The van der Waals surface area contributed by atoms with Gasteiger partial charge in [0.25, 0.3) is 5.97 Å². The molecule has 29 heavy (non-hydrogen) atoms. The quantitative estimate of drug-likeness (QED) is 0.540. The molecule has 0 unspecified atom stereocenters. The Labute approximate surface area is 169 Å². The first-order chi connectivity index (χ1) is 13.5. The van der Waals surface area contributed by atoms with Crippen LogP contribution in [0.4, 0.5) is 0 Å². The zero-order valence-electron chi connectivity index (χ0n) is 16.9. The highest BCUT2D eigenvalue weighted by molar-refractivity contribution is 5.93. The maximum absolute atomic E-state index is 12.7. The minimum absolute atomic E-state index is 0.283. The van der Waals surface area contributed by atoms with E-state index >= 15 is 0 Å². The normalized spacial score (nSPS) is 17.0. The molecule has 5 N–H and O–H groups in total. The van der Waals surface area contributed by atoms with Crippen molar-refractivity contribution in [2.24, 2.45) is 5.73 Å². The van der Waals surface area contributed by atoms with Crippen LogP contribution in [0.1, 0.15) is 39.2 Å². The van der Waals surface area contributed by atoms with Gasteiger partial charge in [0.2, 0.25) is 11.8 Å². The molecule has 1 aliphatic rings. The van der Waals surface area contributed by atoms with Crippen LogP contribution in [0, 0.1) is 0 Å². The summed E-state index contributed by atoms with van der Waals surface area (Å²) < 4.78 is 0. The van der Waals surface area contributed by atoms with Gasteiger partial charge in [-0.2, -0.15) is 0 Å². The largest absolute Gasteiger partial charge is 0.481 e. The lowest BCUT2D eigenvalue weighted by Crippen LogP contribution is -2.57. The number of benzene rings is 1. The highest BCUT2D eigenvalue weighted by Crippen LogP contribution is 2.20. The topological polar surface area (TPSA) is 150 Å². The fourth-order valence-corrected chi connectivity index (χ4v) is 2.92. The number of carboxylic acid groups (broad SMARTS) is 2. The van der Waals surface area contributed by atoms with E-state index in [1.54, 1.807) is 0 Å². The summed E-state index contributed by atoms with van der Waals surface area (Å²) in [5.74, 6) is -2.70. The Morgan fingerprint density at radius 3 is 2.28 bits per heavy atom. The van der Waals surface area contributed by atoms with Crippen molar-refractivity contribution in [3.8, 4) is 0 Å². The molecule has 9 heteroatoms. The monoisotopic (exact) mass is 407 g/mol. The molecule has 9 nitrogen and oxygen atoms in total. The van der Waals surface area contributed by atoms with Gasteiger partial charge in [-0.15, -0.1) is 0 Å². The number of nitrogens with two attached hydrogens (primary N) is 1. The van der Waals surface area contributed by atoms with Gasteiger partial charge in [0.1, 0.15) is 11.6 Å². The molecule has 160 valence electrons. The molecule has 0 saturated carbocycles. The van der Waals surface area contributed by atoms with Crippen LogP contribution in [-0.4, -0.2) is 63.0 Å². The number of likely N-dealkylation sites (tertiary alicyclic amines) is 1. The van der Waals surface area contributed by atoms with E-state index in [0.29, 0.717) is 25.8 Å². The van der Waals surface area contributed by atoms with Crippen molar-refractivity contribution in [3.63, 3.8) is 0 Å². The standard InChI is InChI=1S/C18H25N3O4.C2H4O2/c1-18(2,17(24)25)20-15(22)14-9-6-10-21(14)16(23)13(19)11-12-7-4-3-5-8-12;1-2(3)4/h3-5,7-8,13-14H,6,9-11,19H2,1-2H3,(H,20,22)(H,24,25);1H3,(H,3,4)/t13-,14-;/m0./s1. The summed E-state index contributed by atoms with van der Waals surface area (Å²) in [6, 6.07) is 8.05. The van der Waals surface area contributed by atoms with Crippen molar-refractivity contribution in [1.82, 2.24) is 10.2 Å². The van der Waals surface area contributed by atoms with Crippen LogP contribution >= 0.6 is 0 Å². The Morgan fingerprint density at radius 1 is 1.21 bits per heavy atom. The van der Waals surface area contributed by atoms with Crippen LogP contribution < -0.4 is 11.1 Å². The van der Waals surface area contributed by atoms with Crippen LogP contribution in [0.2, 0.25) is 0 Å². The third kappa shape index (κ3) is 7.53. The van der Waals surface area contributed by atoms with E-state index in [2.05, 4.69) is 5.32 Å². The average Bonchev–Trinajstić information content (AvgIpc) is 3.10. The molecule has 0 bridgehead atoms. The summed E-state index contributed by atoms with van der Waals surface area (Å²) >= 11 is 0. The molecule has 0 spiro atoms. The van der Waals surface area contributed by atoms with Crippen LogP contribution in [-0.2, 0) is 25.6 Å². The molecule has 1 aromatic carbocycles. The van der Waals surface area contributed by atoms with E-state index in [9.17, 15) is 14.4 Å². The third-order valence-electron chi connectivity index (χ3n) is 4.42. The first-order valence-electron chi connectivity index (χ1n) is 9.30. The van der Waals surface area contributed by atoms with Gasteiger partial charge in [0.05, 0.1) is 6.04 Å². The Kier molecular flexibility index (Phi) is 8.78.